The second-order valence-corrected chi connectivity index (χ2v) is 3.49. The molecule has 0 aliphatic carbocycles. The summed E-state index contributed by atoms with van der Waals surface area (Å²) in [6, 6.07) is 2.49. The van der Waals surface area contributed by atoms with Crippen molar-refractivity contribution in [2.75, 3.05) is 13.1 Å². The van der Waals surface area contributed by atoms with Crippen LogP contribution in [0.1, 0.15) is 20.3 Å². The predicted octanol–water partition coefficient (Wildman–Crippen LogP) is 0.809. The third-order valence-electron chi connectivity index (χ3n) is 2.34. The average molecular weight is 166 g/mol. The number of carbonyl (C=O) groups is 1. The minimum Gasteiger partial charge on any atom is -0.299 e. The molecule has 0 bridgehead atoms. The van der Waals surface area contributed by atoms with Crippen LogP contribution in [0.15, 0.2) is 0 Å². The van der Waals surface area contributed by atoms with Crippen molar-refractivity contribution in [2.45, 2.75) is 26.3 Å². The molecule has 3 nitrogen and oxygen atoms in total. The maximum Gasteiger partial charge on any atom is 0.152 e. The van der Waals surface area contributed by atoms with E-state index in [-0.39, 0.29) is 11.7 Å². The number of hydrogen-bond donors (Lipinski definition) is 0. The Bertz CT molecular complexity index is 217. The van der Waals surface area contributed by atoms with E-state index >= 15 is 0 Å². The molecule has 1 unspecified atom stereocenters. The Hall–Kier alpha value is -0.880. The Kier molecular flexibility index (Phi) is 2.83. The lowest BCUT2D eigenvalue weighted by Crippen LogP contribution is -2.43. The first-order chi connectivity index (χ1) is 5.65. The van der Waals surface area contributed by atoms with Gasteiger partial charge in [-0.3, -0.25) is 9.69 Å². The zero-order valence-electron chi connectivity index (χ0n) is 7.58. The third kappa shape index (κ3) is 1.83. The lowest BCUT2D eigenvalue weighted by atomic mass is 9.97. The predicted molar refractivity (Wildman–Crippen MR) is 45.4 cm³/mol. The van der Waals surface area contributed by atoms with Gasteiger partial charge in [0.05, 0.1) is 6.07 Å². The van der Waals surface area contributed by atoms with Gasteiger partial charge in [0.15, 0.2) is 5.78 Å². The molecule has 1 aliphatic heterocycles. The van der Waals surface area contributed by atoms with E-state index in [1.807, 2.05) is 6.07 Å². The summed E-state index contributed by atoms with van der Waals surface area (Å²) in [5.41, 5.74) is 0. The van der Waals surface area contributed by atoms with E-state index in [1.165, 1.54) is 0 Å². The zero-order chi connectivity index (χ0) is 9.14. The monoisotopic (exact) mass is 166 g/mol. The highest BCUT2D eigenvalue weighted by Gasteiger charge is 2.27. The summed E-state index contributed by atoms with van der Waals surface area (Å²) < 4.78 is 0. The van der Waals surface area contributed by atoms with Gasteiger partial charge in [-0.05, 0) is 13.8 Å². The van der Waals surface area contributed by atoms with Gasteiger partial charge in [0.25, 0.3) is 0 Å². The number of Topliss-reactive ketones (excluding diaryl/α,β-unsaturated/α-hetero) is 1. The molecule has 0 saturated carbocycles. The number of ketones is 1. The van der Waals surface area contributed by atoms with Gasteiger partial charge in [0.2, 0.25) is 0 Å². The van der Waals surface area contributed by atoms with Gasteiger partial charge >= 0.3 is 0 Å². The van der Waals surface area contributed by atoms with Gasteiger partial charge < -0.3 is 0 Å². The smallest absolute Gasteiger partial charge is 0.152 e. The highest BCUT2D eigenvalue weighted by molar-refractivity contribution is 5.84. The summed E-state index contributed by atoms with van der Waals surface area (Å²) in [7, 11) is 0. The molecule has 1 fully saturated rings. The minimum atomic E-state index is -0.388. The molecular weight excluding hydrogens is 152 g/mol. The number of hydrogen-bond acceptors (Lipinski definition) is 3. The number of piperidine rings is 1. The summed E-state index contributed by atoms with van der Waals surface area (Å²) in [6.45, 7) is 5.61. The number of nitrogens with zero attached hydrogens (tertiary/aromatic N) is 2. The highest BCUT2D eigenvalue weighted by Crippen LogP contribution is 2.14. The Morgan fingerprint density at radius 1 is 1.67 bits per heavy atom. The summed E-state index contributed by atoms with van der Waals surface area (Å²) in [4.78, 5) is 13.3. The maximum absolute atomic E-state index is 11.1. The molecule has 1 aliphatic rings. The van der Waals surface area contributed by atoms with Crippen molar-refractivity contribution in [3.8, 4) is 6.07 Å². The molecule has 0 aromatic heterocycles. The van der Waals surface area contributed by atoms with Crippen LogP contribution >= 0.6 is 0 Å². The summed E-state index contributed by atoms with van der Waals surface area (Å²) in [6.07, 6.45) is 0.538. The van der Waals surface area contributed by atoms with E-state index in [0.717, 1.165) is 6.54 Å². The zero-order valence-corrected chi connectivity index (χ0v) is 7.58. The lowest BCUT2D eigenvalue weighted by molar-refractivity contribution is -0.124. The molecule has 0 N–H and O–H groups in total. The van der Waals surface area contributed by atoms with E-state index < -0.39 is 0 Å². The fourth-order valence-corrected chi connectivity index (χ4v) is 1.44. The van der Waals surface area contributed by atoms with Crippen molar-refractivity contribution < 1.29 is 4.79 Å². The quantitative estimate of drug-likeness (QED) is 0.579. The third-order valence-corrected chi connectivity index (χ3v) is 2.34. The number of likely N-dealkylation sites (tertiary alicyclic amines) is 1. The Morgan fingerprint density at radius 3 is 2.83 bits per heavy atom. The average Bonchev–Trinajstić information content (AvgIpc) is 2.05. The number of nitriles is 1. The Labute approximate surface area is 73.0 Å². The van der Waals surface area contributed by atoms with Crippen molar-refractivity contribution in [2.24, 2.45) is 5.92 Å². The standard InChI is InChI=1S/C9H14N2O/c1-7(2)11-4-3-9(12)8(5-10)6-11/h7-8H,3-4,6H2,1-2H3. The van der Waals surface area contributed by atoms with Gasteiger partial charge in [-0.2, -0.15) is 5.26 Å². The first-order valence-corrected chi connectivity index (χ1v) is 4.31. The van der Waals surface area contributed by atoms with Gasteiger partial charge in [0, 0.05) is 25.6 Å². The molecule has 1 saturated heterocycles. The van der Waals surface area contributed by atoms with E-state index in [2.05, 4.69) is 18.7 Å². The number of rotatable bonds is 1. The Morgan fingerprint density at radius 2 is 2.33 bits per heavy atom. The lowest BCUT2D eigenvalue weighted by Gasteiger charge is -2.31. The minimum absolute atomic E-state index is 0.106. The van der Waals surface area contributed by atoms with Crippen LogP contribution in [0.5, 0.6) is 0 Å². The van der Waals surface area contributed by atoms with E-state index in [4.69, 9.17) is 5.26 Å². The molecule has 12 heavy (non-hydrogen) atoms. The van der Waals surface area contributed by atoms with Crippen molar-refractivity contribution in [1.29, 1.82) is 5.26 Å². The molecule has 3 heteroatoms. The molecule has 66 valence electrons. The van der Waals surface area contributed by atoms with Crippen molar-refractivity contribution in [3.63, 3.8) is 0 Å². The normalized spacial score (nSPS) is 25.8. The molecule has 0 spiro atoms. The topological polar surface area (TPSA) is 44.1 Å². The summed E-state index contributed by atoms with van der Waals surface area (Å²) in [5, 5.41) is 8.66. The van der Waals surface area contributed by atoms with Crippen LogP contribution in [0.25, 0.3) is 0 Å². The second-order valence-electron chi connectivity index (χ2n) is 3.49. The van der Waals surface area contributed by atoms with Crippen LogP contribution in [-0.4, -0.2) is 29.8 Å². The fourth-order valence-electron chi connectivity index (χ4n) is 1.44. The van der Waals surface area contributed by atoms with Crippen LogP contribution in [0.2, 0.25) is 0 Å². The molecule has 1 atom stereocenters. The van der Waals surface area contributed by atoms with Crippen LogP contribution in [-0.2, 0) is 4.79 Å². The maximum atomic E-state index is 11.1. The van der Waals surface area contributed by atoms with Crippen molar-refractivity contribution >= 4 is 5.78 Å². The molecule has 1 rings (SSSR count). The van der Waals surface area contributed by atoms with Gasteiger partial charge in [-0.1, -0.05) is 0 Å². The molecule has 0 aromatic carbocycles. The summed E-state index contributed by atoms with van der Waals surface area (Å²) in [5.74, 6) is -0.282. The van der Waals surface area contributed by atoms with E-state index in [1.54, 1.807) is 0 Å². The van der Waals surface area contributed by atoms with Gasteiger partial charge in [0.1, 0.15) is 5.92 Å². The molecular formula is C9H14N2O. The highest BCUT2D eigenvalue weighted by atomic mass is 16.1. The molecule has 0 aromatic rings. The fraction of sp³-hybridized carbons (Fsp3) is 0.778. The van der Waals surface area contributed by atoms with Crippen molar-refractivity contribution in [3.05, 3.63) is 0 Å². The van der Waals surface area contributed by atoms with Gasteiger partial charge in [-0.15, -0.1) is 0 Å². The van der Waals surface area contributed by atoms with E-state index in [0.29, 0.717) is 19.0 Å². The van der Waals surface area contributed by atoms with Crippen LogP contribution in [0.3, 0.4) is 0 Å². The van der Waals surface area contributed by atoms with Crippen LogP contribution in [0.4, 0.5) is 0 Å². The Balaban J connectivity index is 2.57. The molecule has 0 amide bonds. The first kappa shape index (κ1) is 9.21. The van der Waals surface area contributed by atoms with E-state index in [9.17, 15) is 4.79 Å². The summed E-state index contributed by atoms with van der Waals surface area (Å²) >= 11 is 0. The van der Waals surface area contributed by atoms with Crippen molar-refractivity contribution in [1.82, 2.24) is 4.90 Å². The largest absolute Gasteiger partial charge is 0.299 e. The first-order valence-electron chi connectivity index (χ1n) is 4.31. The van der Waals surface area contributed by atoms with Crippen LogP contribution in [0, 0.1) is 17.2 Å². The molecule has 1 heterocycles. The number of carbonyl (C=O) groups excluding carboxylic acids is 1. The molecule has 0 radical (unpaired) electrons. The SMILES string of the molecule is CC(C)N1CCC(=O)C(C#N)C1. The van der Waals surface area contributed by atoms with Gasteiger partial charge in [-0.25, -0.2) is 0 Å². The van der Waals surface area contributed by atoms with Crippen LogP contribution < -0.4 is 0 Å². The second kappa shape index (κ2) is 3.68.